The summed E-state index contributed by atoms with van der Waals surface area (Å²) in [5.41, 5.74) is 3.60. The van der Waals surface area contributed by atoms with Crippen molar-refractivity contribution in [3.8, 4) is 0 Å². The lowest BCUT2D eigenvalue weighted by Crippen LogP contribution is -2.31. The number of hydrogen-bond acceptors (Lipinski definition) is 1. The Morgan fingerprint density at radius 1 is 1.44 bits per heavy atom. The third kappa shape index (κ3) is 2.11. The molecule has 1 aromatic rings. The minimum absolute atomic E-state index is 0.147. The van der Waals surface area contributed by atoms with Crippen molar-refractivity contribution in [2.24, 2.45) is 11.8 Å². The monoisotopic (exact) mass is 217 g/mol. The van der Waals surface area contributed by atoms with E-state index in [1.807, 2.05) is 12.1 Å². The molecule has 0 saturated heterocycles. The number of carbonyl (C=O) groups excluding carboxylic acids is 1. The maximum atomic E-state index is 11.9. The van der Waals surface area contributed by atoms with Gasteiger partial charge in [-0.2, -0.15) is 0 Å². The molecule has 2 heteroatoms. The summed E-state index contributed by atoms with van der Waals surface area (Å²) in [5, 5.41) is 3.02. The third-order valence-electron chi connectivity index (χ3n) is 3.25. The van der Waals surface area contributed by atoms with E-state index in [-0.39, 0.29) is 11.8 Å². The highest BCUT2D eigenvalue weighted by Gasteiger charge is 2.27. The molecular weight excluding hydrogens is 198 g/mol. The van der Waals surface area contributed by atoms with E-state index in [0.29, 0.717) is 5.92 Å². The highest BCUT2D eigenvalue weighted by molar-refractivity contribution is 5.96. The van der Waals surface area contributed by atoms with E-state index in [9.17, 15) is 4.79 Å². The van der Waals surface area contributed by atoms with Crippen molar-refractivity contribution in [3.63, 3.8) is 0 Å². The quantitative estimate of drug-likeness (QED) is 0.810. The maximum absolute atomic E-state index is 11.9. The lowest BCUT2D eigenvalue weighted by molar-refractivity contribution is -0.120. The molecule has 2 nitrogen and oxygen atoms in total. The highest BCUT2D eigenvalue weighted by atomic mass is 16.1. The molecule has 1 aromatic carbocycles. The second-order valence-electron chi connectivity index (χ2n) is 5.12. The Balaban J connectivity index is 2.26. The first kappa shape index (κ1) is 11.2. The molecular formula is C14H19NO. The van der Waals surface area contributed by atoms with Crippen LogP contribution in [0, 0.1) is 18.8 Å². The summed E-state index contributed by atoms with van der Waals surface area (Å²) >= 11 is 0. The first-order valence-corrected chi connectivity index (χ1v) is 5.97. The summed E-state index contributed by atoms with van der Waals surface area (Å²) in [6, 6.07) is 6.10. The number of aryl methyl sites for hydroxylation is 1. The van der Waals surface area contributed by atoms with Crippen molar-refractivity contribution in [2.75, 3.05) is 5.32 Å². The molecule has 1 amide bonds. The zero-order chi connectivity index (χ0) is 11.7. The lowest BCUT2D eigenvalue weighted by Gasteiger charge is -2.27. The van der Waals surface area contributed by atoms with Crippen LogP contribution in [0.2, 0.25) is 0 Å². The Bertz CT molecular complexity index is 409. The minimum atomic E-state index is 0.147. The zero-order valence-electron chi connectivity index (χ0n) is 10.2. The molecule has 1 heterocycles. The number of anilines is 1. The van der Waals surface area contributed by atoms with Gasteiger partial charge in [0.05, 0.1) is 0 Å². The summed E-state index contributed by atoms with van der Waals surface area (Å²) in [5.74, 6) is 0.904. The van der Waals surface area contributed by atoms with Gasteiger partial charge in [0.15, 0.2) is 0 Å². The van der Waals surface area contributed by atoms with Crippen molar-refractivity contribution >= 4 is 11.6 Å². The van der Waals surface area contributed by atoms with E-state index in [1.165, 1.54) is 11.1 Å². The van der Waals surface area contributed by atoms with Crippen LogP contribution < -0.4 is 5.32 Å². The molecule has 0 bridgehead atoms. The van der Waals surface area contributed by atoms with Gasteiger partial charge in [-0.25, -0.2) is 0 Å². The Morgan fingerprint density at radius 3 is 2.88 bits per heavy atom. The van der Waals surface area contributed by atoms with Crippen LogP contribution in [-0.2, 0) is 11.2 Å². The van der Waals surface area contributed by atoms with E-state index in [2.05, 4.69) is 32.2 Å². The highest BCUT2D eigenvalue weighted by Crippen LogP contribution is 2.30. The van der Waals surface area contributed by atoms with E-state index in [1.54, 1.807) is 0 Å². The summed E-state index contributed by atoms with van der Waals surface area (Å²) in [6.45, 7) is 6.45. The van der Waals surface area contributed by atoms with Crippen molar-refractivity contribution in [2.45, 2.75) is 33.6 Å². The molecule has 1 aliphatic rings. The largest absolute Gasteiger partial charge is 0.326 e. The molecule has 0 fully saturated rings. The SMILES string of the molecule is Cc1cccc2c1CC(CC(C)C)C(=O)N2. The fourth-order valence-electron chi connectivity index (χ4n) is 2.42. The van der Waals surface area contributed by atoms with Crippen LogP contribution in [0.1, 0.15) is 31.4 Å². The van der Waals surface area contributed by atoms with Crippen LogP contribution in [0.25, 0.3) is 0 Å². The molecule has 0 radical (unpaired) electrons. The minimum Gasteiger partial charge on any atom is -0.326 e. The van der Waals surface area contributed by atoms with Gasteiger partial charge in [0.1, 0.15) is 0 Å². The number of nitrogens with one attached hydrogen (secondary N) is 1. The molecule has 0 spiro atoms. The van der Waals surface area contributed by atoms with Crippen LogP contribution in [0.15, 0.2) is 18.2 Å². The summed E-state index contributed by atoms with van der Waals surface area (Å²) in [4.78, 5) is 11.9. The molecule has 0 saturated carbocycles. The average Bonchev–Trinajstić information content (AvgIpc) is 2.20. The Hall–Kier alpha value is -1.31. The first-order valence-electron chi connectivity index (χ1n) is 5.97. The van der Waals surface area contributed by atoms with Crippen molar-refractivity contribution < 1.29 is 4.79 Å². The zero-order valence-corrected chi connectivity index (χ0v) is 10.2. The average molecular weight is 217 g/mol. The summed E-state index contributed by atoms with van der Waals surface area (Å²) < 4.78 is 0. The van der Waals surface area contributed by atoms with Gasteiger partial charge in [-0.3, -0.25) is 4.79 Å². The number of fused-ring (bicyclic) bond motifs is 1. The van der Waals surface area contributed by atoms with Gasteiger partial charge in [-0.05, 0) is 42.9 Å². The van der Waals surface area contributed by atoms with Crippen molar-refractivity contribution in [1.29, 1.82) is 0 Å². The van der Waals surface area contributed by atoms with Gasteiger partial charge in [-0.15, -0.1) is 0 Å². The van der Waals surface area contributed by atoms with E-state index in [0.717, 1.165) is 18.5 Å². The van der Waals surface area contributed by atoms with E-state index < -0.39 is 0 Å². The number of carbonyl (C=O) groups is 1. The van der Waals surface area contributed by atoms with Gasteiger partial charge in [-0.1, -0.05) is 26.0 Å². The van der Waals surface area contributed by atoms with Gasteiger partial charge >= 0.3 is 0 Å². The van der Waals surface area contributed by atoms with Crippen molar-refractivity contribution in [3.05, 3.63) is 29.3 Å². The van der Waals surface area contributed by atoms with Crippen LogP contribution in [0.4, 0.5) is 5.69 Å². The maximum Gasteiger partial charge on any atom is 0.227 e. The predicted molar refractivity (Wildman–Crippen MR) is 66.5 cm³/mol. The molecule has 2 rings (SSSR count). The molecule has 0 aliphatic carbocycles. The predicted octanol–water partition coefficient (Wildman–Crippen LogP) is 3.15. The number of amides is 1. The Kier molecular flexibility index (Phi) is 2.99. The molecule has 1 unspecified atom stereocenters. The molecule has 1 N–H and O–H groups in total. The second kappa shape index (κ2) is 4.28. The smallest absolute Gasteiger partial charge is 0.227 e. The summed E-state index contributed by atoms with van der Waals surface area (Å²) in [6.07, 6.45) is 1.87. The fraction of sp³-hybridized carbons (Fsp3) is 0.500. The van der Waals surface area contributed by atoms with Crippen LogP contribution in [0.5, 0.6) is 0 Å². The third-order valence-corrected chi connectivity index (χ3v) is 3.25. The Morgan fingerprint density at radius 2 is 2.19 bits per heavy atom. The fourth-order valence-corrected chi connectivity index (χ4v) is 2.42. The van der Waals surface area contributed by atoms with Gasteiger partial charge < -0.3 is 5.32 Å². The number of benzene rings is 1. The normalized spacial score (nSPS) is 19.5. The van der Waals surface area contributed by atoms with Crippen molar-refractivity contribution in [1.82, 2.24) is 0 Å². The second-order valence-corrected chi connectivity index (χ2v) is 5.12. The van der Waals surface area contributed by atoms with Gasteiger partial charge in [0, 0.05) is 11.6 Å². The van der Waals surface area contributed by atoms with Crippen LogP contribution >= 0.6 is 0 Å². The number of hydrogen-bond donors (Lipinski definition) is 1. The molecule has 16 heavy (non-hydrogen) atoms. The van der Waals surface area contributed by atoms with Gasteiger partial charge in [0.2, 0.25) is 5.91 Å². The van der Waals surface area contributed by atoms with Crippen LogP contribution in [0.3, 0.4) is 0 Å². The van der Waals surface area contributed by atoms with E-state index >= 15 is 0 Å². The van der Waals surface area contributed by atoms with Crippen LogP contribution in [-0.4, -0.2) is 5.91 Å². The summed E-state index contributed by atoms with van der Waals surface area (Å²) in [7, 11) is 0. The van der Waals surface area contributed by atoms with Gasteiger partial charge in [0.25, 0.3) is 0 Å². The topological polar surface area (TPSA) is 29.1 Å². The lowest BCUT2D eigenvalue weighted by atomic mass is 9.85. The molecule has 1 aliphatic heterocycles. The van der Waals surface area contributed by atoms with E-state index in [4.69, 9.17) is 0 Å². The Labute approximate surface area is 97.1 Å². The number of rotatable bonds is 2. The molecule has 0 aromatic heterocycles. The molecule has 86 valence electrons. The standard InChI is InChI=1S/C14H19NO/c1-9(2)7-11-8-12-10(3)5-4-6-13(12)15-14(11)16/h4-6,9,11H,7-8H2,1-3H3,(H,15,16). The first-order chi connectivity index (χ1) is 7.58. The molecule has 1 atom stereocenters.